The molecule has 0 aliphatic rings. The molecule has 7 heteroatoms. The number of hydrogen-bond donors (Lipinski definition) is 0. The molecule has 0 aliphatic heterocycles. The van der Waals surface area contributed by atoms with Crippen molar-refractivity contribution in [3.05, 3.63) is 60.7 Å². The number of para-hydroxylation sites is 1. The maximum atomic E-state index is 11.6. The van der Waals surface area contributed by atoms with Gasteiger partial charge in [0.05, 0.1) is 18.4 Å². The fourth-order valence-electron chi connectivity index (χ4n) is 2.10. The van der Waals surface area contributed by atoms with Crippen molar-refractivity contribution in [3.63, 3.8) is 0 Å². The molecule has 0 unspecified atom stereocenters. The number of imidazole rings is 1. The van der Waals surface area contributed by atoms with E-state index in [-0.39, 0.29) is 5.16 Å². The minimum absolute atomic E-state index is 0.0648. The van der Waals surface area contributed by atoms with Crippen molar-refractivity contribution < 1.29 is 8.42 Å². The van der Waals surface area contributed by atoms with Gasteiger partial charge in [0.1, 0.15) is 0 Å². The molecule has 0 N–H and O–H groups in total. The quantitative estimate of drug-likeness (QED) is 0.732. The van der Waals surface area contributed by atoms with Crippen molar-refractivity contribution in [2.75, 3.05) is 6.26 Å². The number of aromatic nitrogens is 4. The number of benzene rings is 1. The first kappa shape index (κ1) is 13.6. The predicted octanol–water partition coefficient (Wildman–Crippen LogP) is 1.52. The maximum absolute atomic E-state index is 11.6. The lowest BCUT2D eigenvalue weighted by molar-refractivity contribution is 0.578. The fraction of sp³-hybridized carbons (Fsp3) is 0.143. The Morgan fingerprint density at radius 1 is 1.19 bits per heavy atom. The molecule has 0 saturated heterocycles. The lowest BCUT2D eigenvalue weighted by atomic mass is 10.3. The fourth-order valence-corrected chi connectivity index (χ4v) is 2.91. The predicted molar refractivity (Wildman–Crippen MR) is 78.0 cm³/mol. The Morgan fingerprint density at radius 3 is 2.67 bits per heavy atom. The third-order valence-electron chi connectivity index (χ3n) is 3.02. The van der Waals surface area contributed by atoms with Crippen molar-refractivity contribution in [2.24, 2.45) is 0 Å². The summed E-state index contributed by atoms with van der Waals surface area (Å²) in [6.07, 6.45) is 7.88. The van der Waals surface area contributed by atoms with Gasteiger partial charge in [0.2, 0.25) is 15.0 Å². The van der Waals surface area contributed by atoms with Gasteiger partial charge in [0, 0.05) is 30.4 Å². The molecular formula is C14H14N4O2S. The summed E-state index contributed by atoms with van der Waals surface area (Å²) in [5.74, 6) is 0. The molecule has 3 aromatic rings. The van der Waals surface area contributed by atoms with E-state index in [0.29, 0.717) is 6.54 Å². The minimum Gasteiger partial charge on any atom is -0.317 e. The van der Waals surface area contributed by atoms with E-state index in [9.17, 15) is 8.42 Å². The Hall–Kier alpha value is -2.41. The lowest BCUT2D eigenvalue weighted by Crippen LogP contribution is -2.09. The second-order valence-corrected chi connectivity index (χ2v) is 6.65. The molecule has 2 aromatic heterocycles. The van der Waals surface area contributed by atoms with Gasteiger partial charge in [-0.15, -0.1) is 0 Å². The molecule has 21 heavy (non-hydrogen) atoms. The normalized spacial score (nSPS) is 11.7. The van der Waals surface area contributed by atoms with Crippen molar-refractivity contribution in [2.45, 2.75) is 11.7 Å². The van der Waals surface area contributed by atoms with Crippen LogP contribution in [0.3, 0.4) is 0 Å². The molecule has 0 bridgehead atoms. The van der Waals surface area contributed by atoms with E-state index in [1.165, 1.54) is 6.20 Å². The van der Waals surface area contributed by atoms with Gasteiger partial charge in [-0.05, 0) is 12.1 Å². The van der Waals surface area contributed by atoms with Crippen LogP contribution in [0.4, 0.5) is 0 Å². The van der Waals surface area contributed by atoms with Gasteiger partial charge in [-0.25, -0.2) is 18.1 Å². The first-order valence-corrected chi connectivity index (χ1v) is 8.23. The summed E-state index contributed by atoms with van der Waals surface area (Å²) < 4.78 is 26.6. The monoisotopic (exact) mass is 302 g/mol. The van der Waals surface area contributed by atoms with Gasteiger partial charge >= 0.3 is 0 Å². The Balaban J connectivity index is 1.88. The molecule has 0 aliphatic carbocycles. The van der Waals surface area contributed by atoms with Gasteiger partial charge in [-0.2, -0.15) is 5.10 Å². The summed E-state index contributed by atoms with van der Waals surface area (Å²) in [5, 5.41) is 4.36. The second-order valence-electron chi connectivity index (χ2n) is 4.74. The largest absolute Gasteiger partial charge is 0.317 e. The van der Waals surface area contributed by atoms with Crippen LogP contribution in [0.5, 0.6) is 0 Å². The average molecular weight is 302 g/mol. The van der Waals surface area contributed by atoms with Crippen LogP contribution < -0.4 is 0 Å². The molecule has 1 aromatic carbocycles. The third-order valence-corrected chi connectivity index (χ3v) is 4.02. The summed E-state index contributed by atoms with van der Waals surface area (Å²) in [5.41, 5.74) is 1.86. The molecule has 3 rings (SSSR count). The summed E-state index contributed by atoms with van der Waals surface area (Å²) in [6.45, 7) is 0.412. The molecular weight excluding hydrogens is 288 g/mol. The minimum atomic E-state index is -3.33. The first-order valence-electron chi connectivity index (χ1n) is 6.34. The highest BCUT2D eigenvalue weighted by molar-refractivity contribution is 7.90. The highest BCUT2D eigenvalue weighted by Gasteiger charge is 2.15. The van der Waals surface area contributed by atoms with Crippen LogP contribution in [0.1, 0.15) is 5.56 Å². The lowest BCUT2D eigenvalue weighted by Gasteiger charge is -2.04. The van der Waals surface area contributed by atoms with Crippen LogP contribution in [-0.4, -0.2) is 34.0 Å². The second kappa shape index (κ2) is 5.17. The third kappa shape index (κ3) is 2.87. The van der Waals surface area contributed by atoms with Crippen LogP contribution in [0.15, 0.2) is 60.3 Å². The Bertz CT molecular complexity index is 850. The van der Waals surface area contributed by atoms with Crippen LogP contribution in [0.2, 0.25) is 0 Å². The van der Waals surface area contributed by atoms with Gasteiger partial charge in [-0.3, -0.25) is 0 Å². The highest BCUT2D eigenvalue weighted by atomic mass is 32.2. The van der Waals surface area contributed by atoms with E-state index < -0.39 is 9.84 Å². The van der Waals surface area contributed by atoms with Crippen molar-refractivity contribution in [1.29, 1.82) is 0 Å². The molecule has 2 heterocycles. The Kier molecular flexibility index (Phi) is 3.34. The SMILES string of the molecule is CS(=O)(=O)c1nccn1Cc1cnn(-c2ccccc2)c1. The Labute approximate surface area is 122 Å². The molecule has 0 amide bonds. The van der Waals surface area contributed by atoms with Crippen LogP contribution in [-0.2, 0) is 16.4 Å². The van der Waals surface area contributed by atoms with Gasteiger partial charge < -0.3 is 4.57 Å². The molecule has 0 spiro atoms. The zero-order valence-corrected chi connectivity index (χ0v) is 12.2. The summed E-state index contributed by atoms with van der Waals surface area (Å²) in [6, 6.07) is 9.73. The topological polar surface area (TPSA) is 69.8 Å². The first-order chi connectivity index (χ1) is 10.0. The molecule has 108 valence electrons. The summed E-state index contributed by atoms with van der Waals surface area (Å²) >= 11 is 0. The van der Waals surface area contributed by atoms with Gasteiger partial charge in [0.25, 0.3) is 0 Å². The van der Waals surface area contributed by atoms with Crippen LogP contribution in [0, 0.1) is 0 Å². The average Bonchev–Trinajstić information content (AvgIpc) is 3.09. The van der Waals surface area contributed by atoms with E-state index in [0.717, 1.165) is 17.5 Å². The molecule has 6 nitrogen and oxygen atoms in total. The van der Waals surface area contributed by atoms with Crippen LogP contribution >= 0.6 is 0 Å². The zero-order valence-electron chi connectivity index (χ0n) is 11.4. The van der Waals surface area contributed by atoms with E-state index in [1.807, 2.05) is 36.5 Å². The zero-order chi connectivity index (χ0) is 14.9. The Morgan fingerprint density at radius 2 is 1.95 bits per heavy atom. The van der Waals surface area contributed by atoms with Crippen LogP contribution in [0.25, 0.3) is 5.69 Å². The standard InChI is InChI=1S/C14H14N4O2S/c1-21(19,20)14-15-7-8-17(14)10-12-9-16-18(11-12)13-5-3-2-4-6-13/h2-9,11H,10H2,1H3. The van der Waals surface area contributed by atoms with Gasteiger partial charge in [-0.1, -0.05) is 18.2 Å². The number of hydrogen-bond acceptors (Lipinski definition) is 4. The number of sulfone groups is 1. The van der Waals surface area contributed by atoms with Gasteiger partial charge in [0.15, 0.2) is 0 Å². The summed E-state index contributed by atoms with van der Waals surface area (Å²) in [4.78, 5) is 3.90. The van der Waals surface area contributed by atoms with E-state index >= 15 is 0 Å². The van der Waals surface area contributed by atoms with Crippen molar-refractivity contribution in [1.82, 2.24) is 19.3 Å². The summed E-state index contributed by atoms with van der Waals surface area (Å²) in [7, 11) is -3.33. The van der Waals surface area contributed by atoms with Crippen molar-refractivity contribution in [3.8, 4) is 5.69 Å². The number of nitrogens with zero attached hydrogens (tertiary/aromatic N) is 4. The molecule has 0 fully saturated rings. The van der Waals surface area contributed by atoms with E-state index in [4.69, 9.17) is 0 Å². The number of rotatable bonds is 4. The molecule has 0 saturated carbocycles. The van der Waals surface area contributed by atoms with E-state index in [1.54, 1.807) is 21.6 Å². The smallest absolute Gasteiger partial charge is 0.227 e. The maximum Gasteiger partial charge on any atom is 0.227 e. The highest BCUT2D eigenvalue weighted by Crippen LogP contribution is 2.12. The molecule has 0 atom stereocenters. The molecule has 0 radical (unpaired) electrons. The van der Waals surface area contributed by atoms with E-state index in [2.05, 4.69) is 10.1 Å². The van der Waals surface area contributed by atoms with Crippen molar-refractivity contribution >= 4 is 9.84 Å².